The molecule has 6 heteroatoms. The lowest BCUT2D eigenvalue weighted by atomic mass is 10.2. The van der Waals surface area contributed by atoms with Crippen LogP contribution in [-0.2, 0) is 4.79 Å². The van der Waals surface area contributed by atoms with Crippen LogP contribution in [0.5, 0.6) is 0 Å². The maximum absolute atomic E-state index is 11.7. The number of rotatable bonds is 3. The molecule has 1 aromatic heterocycles. The summed E-state index contributed by atoms with van der Waals surface area (Å²) in [5.74, 6) is 0.423. The minimum Gasteiger partial charge on any atom is -0.462 e. The molecule has 0 aliphatic heterocycles. The number of carbonyl (C=O) groups is 2. The topological polar surface area (TPSA) is 71.3 Å². The van der Waals surface area contributed by atoms with Crippen LogP contribution in [0.1, 0.15) is 21.9 Å². The molecule has 1 aromatic carbocycles. The summed E-state index contributed by atoms with van der Waals surface area (Å²) in [5.41, 5.74) is 4.96. The van der Waals surface area contributed by atoms with Crippen LogP contribution in [0.15, 0.2) is 46.9 Å². The fourth-order valence-corrected chi connectivity index (χ4v) is 1.66. The molecule has 21 heavy (non-hydrogen) atoms. The van der Waals surface area contributed by atoms with E-state index in [0.717, 1.165) is 5.76 Å². The van der Waals surface area contributed by atoms with Gasteiger partial charge in [0.05, 0.1) is 0 Å². The van der Waals surface area contributed by atoms with Gasteiger partial charge in [-0.25, -0.2) is 0 Å². The van der Waals surface area contributed by atoms with Crippen LogP contribution in [0.25, 0.3) is 6.08 Å². The summed E-state index contributed by atoms with van der Waals surface area (Å²) in [5, 5.41) is 0.535. The molecule has 2 rings (SSSR count). The van der Waals surface area contributed by atoms with E-state index in [2.05, 4.69) is 10.9 Å². The number of hydrogen-bond acceptors (Lipinski definition) is 3. The molecule has 0 fully saturated rings. The Bertz CT molecular complexity index is 674. The number of furan rings is 1. The van der Waals surface area contributed by atoms with Crippen LogP contribution >= 0.6 is 11.6 Å². The number of carbonyl (C=O) groups excluding carboxylic acids is 2. The molecule has 0 atom stereocenters. The molecule has 108 valence electrons. The molecule has 2 N–H and O–H groups in total. The highest BCUT2D eigenvalue weighted by Gasteiger charge is 2.05. The highest BCUT2D eigenvalue weighted by Crippen LogP contribution is 2.09. The Kier molecular flexibility index (Phi) is 4.79. The number of aryl methyl sites for hydroxylation is 1. The third kappa shape index (κ3) is 4.50. The first kappa shape index (κ1) is 14.9. The second-order valence-corrected chi connectivity index (χ2v) is 4.67. The van der Waals surface area contributed by atoms with Crippen molar-refractivity contribution in [3.8, 4) is 0 Å². The lowest BCUT2D eigenvalue weighted by molar-refractivity contribution is -0.117. The van der Waals surface area contributed by atoms with E-state index in [-0.39, 0.29) is 0 Å². The fourth-order valence-electron chi connectivity index (χ4n) is 1.53. The summed E-state index contributed by atoms with van der Waals surface area (Å²) in [6.07, 6.45) is 2.77. The Morgan fingerprint density at radius 1 is 1.10 bits per heavy atom. The van der Waals surface area contributed by atoms with Crippen LogP contribution in [0.4, 0.5) is 0 Å². The van der Waals surface area contributed by atoms with Crippen molar-refractivity contribution in [2.75, 3.05) is 0 Å². The van der Waals surface area contributed by atoms with E-state index in [9.17, 15) is 9.59 Å². The number of amides is 2. The Morgan fingerprint density at radius 2 is 1.81 bits per heavy atom. The maximum Gasteiger partial charge on any atom is 0.269 e. The van der Waals surface area contributed by atoms with Gasteiger partial charge in [-0.3, -0.25) is 20.4 Å². The Labute approximate surface area is 126 Å². The van der Waals surface area contributed by atoms with Gasteiger partial charge in [0.25, 0.3) is 11.8 Å². The Morgan fingerprint density at radius 3 is 2.43 bits per heavy atom. The van der Waals surface area contributed by atoms with Gasteiger partial charge in [0.2, 0.25) is 0 Å². The van der Waals surface area contributed by atoms with Gasteiger partial charge in [0.15, 0.2) is 0 Å². The molecule has 0 radical (unpaired) electrons. The minimum atomic E-state index is -0.466. The minimum absolute atomic E-state index is 0.394. The van der Waals surface area contributed by atoms with Gasteiger partial charge in [-0.2, -0.15) is 0 Å². The number of nitrogens with one attached hydrogen (secondary N) is 2. The van der Waals surface area contributed by atoms with Crippen molar-refractivity contribution in [1.82, 2.24) is 10.9 Å². The van der Waals surface area contributed by atoms with Crippen molar-refractivity contribution in [3.63, 3.8) is 0 Å². The molecule has 0 unspecified atom stereocenters. The van der Waals surface area contributed by atoms with Crippen molar-refractivity contribution < 1.29 is 14.0 Å². The lowest BCUT2D eigenvalue weighted by Crippen LogP contribution is -2.40. The van der Waals surface area contributed by atoms with Gasteiger partial charge in [-0.1, -0.05) is 11.6 Å². The molecule has 2 amide bonds. The van der Waals surface area contributed by atoms with Crippen molar-refractivity contribution in [1.29, 1.82) is 0 Å². The van der Waals surface area contributed by atoms with Crippen molar-refractivity contribution in [2.24, 2.45) is 0 Å². The van der Waals surface area contributed by atoms with Crippen molar-refractivity contribution >= 4 is 29.5 Å². The van der Waals surface area contributed by atoms with Gasteiger partial charge < -0.3 is 4.42 Å². The van der Waals surface area contributed by atoms with Crippen molar-refractivity contribution in [3.05, 3.63) is 64.6 Å². The summed E-state index contributed by atoms with van der Waals surface area (Å²) < 4.78 is 5.27. The average molecular weight is 305 g/mol. The molecule has 0 bridgehead atoms. The molecule has 0 spiro atoms. The second kappa shape index (κ2) is 6.76. The first-order valence-electron chi connectivity index (χ1n) is 6.15. The normalized spacial score (nSPS) is 10.6. The molecule has 0 aliphatic carbocycles. The summed E-state index contributed by atoms with van der Waals surface area (Å²) in [6.45, 7) is 1.81. The number of hydrazine groups is 1. The van der Waals surface area contributed by atoms with E-state index in [1.165, 1.54) is 12.2 Å². The molecule has 1 heterocycles. The van der Waals surface area contributed by atoms with E-state index in [1.807, 2.05) is 6.92 Å². The summed E-state index contributed by atoms with van der Waals surface area (Å²) in [6, 6.07) is 9.84. The molecule has 0 saturated heterocycles. The molecule has 2 aromatic rings. The predicted molar refractivity (Wildman–Crippen MR) is 79.5 cm³/mol. The van der Waals surface area contributed by atoms with E-state index < -0.39 is 11.8 Å². The summed E-state index contributed by atoms with van der Waals surface area (Å²) >= 11 is 5.73. The van der Waals surface area contributed by atoms with Crippen LogP contribution < -0.4 is 10.9 Å². The monoisotopic (exact) mass is 304 g/mol. The SMILES string of the molecule is Cc1ccc(/C=C/C(=O)NNC(=O)c2ccc(Cl)cc2)o1. The average Bonchev–Trinajstić information content (AvgIpc) is 2.89. The lowest BCUT2D eigenvalue weighted by Gasteiger charge is -2.05. The Balaban J connectivity index is 1.85. The molecule has 5 nitrogen and oxygen atoms in total. The van der Waals surface area contributed by atoms with Crippen LogP contribution in [0.3, 0.4) is 0 Å². The standard InChI is InChI=1S/C15H13ClN2O3/c1-10-2-7-13(21-10)8-9-14(19)17-18-15(20)11-3-5-12(16)6-4-11/h2-9H,1H3,(H,17,19)(H,18,20)/b9-8+. The van der Waals surface area contributed by atoms with E-state index >= 15 is 0 Å². The molecular weight excluding hydrogens is 292 g/mol. The maximum atomic E-state index is 11.7. The number of hydrogen-bond donors (Lipinski definition) is 2. The van der Waals surface area contributed by atoms with Gasteiger partial charge in [0.1, 0.15) is 11.5 Å². The first-order valence-corrected chi connectivity index (χ1v) is 6.53. The quantitative estimate of drug-likeness (QED) is 0.676. The van der Waals surface area contributed by atoms with Crippen molar-refractivity contribution in [2.45, 2.75) is 6.92 Å². The third-order valence-corrected chi connectivity index (χ3v) is 2.82. The van der Waals surface area contributed by atoms with Gasteiger partial charge in [0, 0.05) is 16.7 Å². The fraction of sp³-hybridized carbons (Fsp3) is 0.0667. The van der Waals surface area contributed by atoms with E-state index in [1.54, 1.807) is 36.4 Å². The van der Waals surface area contributed by atoms with Crippen LogP contribution in [0.2, 0.25) is 5.02 Å². The number of halogens is 1. The van der Waals surface area contributed by atoms with Gasteiger partial charge in [-0.05, 0) is 49.4 Å². The second-order valence-electron chi connectivity index (χ2n) is 4.23. The van der Waals surface area contributed by atoms with E-state index in [0.29, 0.717) is 16.3 Å². The van der Waals surface area contributed by atoms with Gasteiger partial charge >= 0.3 is 0 Å². The van der Waals surface area contributed by atoms with Crippen LogP contribution in [-0.4, -0.2) is 11.8 Å². The molecule has 0 saturated carbocycles. The largest absolute Gasteiger partial charge is 0.462 e. The third-order valence-electron chi connectivity index (χ3n) is 2.57. The predicted octanol–water partition coefficient (Wildman–Crippen LogP) is 2.72. The smallest absolute Gasteiger partial charge is 0.269 e. The zero-order valence-corrected chi connectivity index (χ0v) is 12.0. The zero-order valence-electron chi connectivity index (χ0n) is 11.2. The van der Waals surface area contributed by atoms with Gasteiger partial charge in [-0.15, -0.1) is 0 Å². The first-order chi connectivity index (χ1) is 10.0. The highest BCUT2D eigenvalue weighted by atomic mass is 35.5. The van der Waals surface area contributed by atoms with E-state index in [4.69, 9.17) is 16.0 Å². The molecular formula is C15H13ClN2O3. The highest BCUT2D eigenvalue weighted by molar-refractivity contribution is 6.30. The number of benzene rings is 1. The zero-order chi connectivity index (χ0) is 15.2. The van der Waals surface area contributed by atoms with Crippen LogP contribution in [0, 0.1) is 6.92 Å². The summed E-state index contributed by atoms with van der Waals surface area (Å²) in [7, 11) is 0. The Hall–Kier alpha value is -2.53. The molecule has 0 aliphatic rings. The summed E-state index contributed by atoms with van der Waals surface area (Å²) in [4.78, 5) is 23.3.